The van der Waals surface area contributed by atoms with Crippen molar-refractivity contribution in [3.05, 3.63) is 35.9 Å². The van der Waals surface area contributed by atoms with Crippen LogP contribution < -0.4 is 20.3 Å². The molecule has 0 radical (unpaired) electrons. The van der Waals surface area contributed by atoms with Gasteiger partial charge in [-0.05, 0) is 71.5 Å². The molecule has 48 heavy (non-hydrogen) atoms. The highest BCUT2D eigenvalue weighted by Gasteiger charge is 2.34. The summed E-state index contributed by atoms with van der Waals surface area (Å²) in [7, 11) is 0. The number of nitriles is 1. The van der Waals surface area contributed by atoms with E-state index < -0.39 is 47.3 Å². The summed E-state index contributed by atoms with van der Waals surface area (Å²) in [6, 6.07) is 5.03. The van der Waals surface area contributed by atoms with Crippen molar-refractivity contribution >= 4 is 46.2 Å². The van der Waals surface area contributed by atoms with Crippen molar-refractivity contribution in [1.82, 2.24) is 9.97 Å². The Bertz CT molecular complexity index is 1810. The van der Waals surface area contributed by atoms with Crippen molar-refractivity contribution in [1.29, 1.82) is 5.26 Å². The Morgan fingerprint density at radius 1 is 1.00 bits per heavy atom. The zero-order valence-corrected chi connectivity index (χ0v) is 27.7. The standard InChI is InChI=1S/C33H37FN6O8/c1-17-21(13-37-28-27(17)40(8-9-45-28)31(43)48-33(5,6)7)20-10-18-11-24(38-29(41)46-23-16-44-15-19(23)12-35)36-14-22(18)26(25(20)34)39-30(42)47-32(2,3)4/h10-11,13-14,19,23H,8-9,15-16H2,1-7H3,(H,39,42)(H,36,38,41). The van der Waals surface area contributed by atoms with Crippen molar-refractivity contribution in [2.45, 2.75) is 65.8 Å². The molecular formula is C33H37FN6O8. The lowest BCUT2D eigenvalue weighted by Gasteiger charge is -2.32. The SMILES string of the molecule is Cc1c(-c2cc3cc(NC(=O)OC4COCC4C#N)ncc3c(NC(=O)OC(C)(C)C)c2F)cnc2c1N(C(=O)OC(C)(C)C)CCO2. The number of aromatic nitrogens is 2. The van der Waals surface area contributed by atoms with Gasteiger partial charge in [-0.25, -0.2) is 28.7 Å². The molecule has 0 spiro atoms. The maximum Gasteiger partial charge on any atom is 0.415 e. The number of rotatable bonds is 4. The van der Waals surface area contributed by atoms with E-state index in [1.165, 1.54) is 29.4 Å². The fourth-order valence-corrected chi connectivity index (χ4v) is 5.22. The fraction of sp³-hybridized carbons (Fsp3) is 0.455. The molecule has 1 saturated heterocycles. The minimum Gasteiger partial charge on any atom is -0.474 e. The van der Waals surface area contributed by atoms with Crippen molar-refractivity contribution < 1.29 is 42.5 Å². The molecule has 1 aromatic carbocycles. The van der Waals surface area contributed by atoms with Gasteiger partial charge in [0.2, 0.25) is 5.88 Å². The van der Waals surface area contributed by atoms with E-state index in [0.29, 0.717) is 22.2 Å². The predicted molar refractivity (Wildman–Crippen MR) is 172 cm³/mol. The lowest BCUT2D eigenvalue weighted by Crippen LogP contribution is -2.42. The number of hydrogen-bond acceptors (Lipinski definition) is 11. The van der Waals surface area contributed by atoms with E-state index in [1.807, 2.05) is 6.07 Å². The van der Waals surface area contributed by atoms with E-state index in [9.17, 15) is 19.6 Å². The summed E-state index contributed by atoms with van der Waals surface area (Å²) in [5, 5.41) is 14.9. The molecule has 0 saturated carbocycles. The molecule has 254 valence electrons. The van der Waals surface area contributed by atoms with E-state index in [2.05, 4.69) is 20.6 Å². The number of ether oxygens (including phenoxy) is 5. The average molecular weight is 665 g/mol. The van der Waals surface area contributed by atoms with Crippen LogP contribution in [0.3, 0.4) is 0 Å². The number of halogens is 1. The predicted octanol–water partition coefficient (Wildman–Crippen LogP) is 6.31. The number of amides is 3. The summed E-state index contributed by atoms with van der Waals surface area (Å²) >= 11 is 0. The Hall–Kier alpha value is -5.23. The lowest BCUT2D eigenvalue weighted by molar-refractivity contribution is 0.0564. The molecule has 3 amide bonds. The Kier molecular flexibility index (Phi) is 9.32. The third-order valence-electron chi connectivity index (χ3n) is 7.27. The number of fused-ring (bicyclic) bond motifs is 2. The molecule has 2 aromatic heterocycles. The maximum atomic E-state index is 16.6. The fourth-order valence-electron chi connectivity index (χ4n) is 5.22. The van der Waals surface area contributed by atoms with E-state index in [-0.39, 0.29) is 54.7 Å². The van der Waals surface area contributed by atoms with Gasteiger partial charge in [-0.15, -0.1) is 0 Å². The van der Waals surface area contributed by atoms with Gasteiger partial charge in [0.1, 0.15) is 41.3 Å². The van der Waals surface area contributed by atoms with E-state index in [4.69, 9.17) is 23.7 Å². The van der Waals surface area contributed by atoms with Crippen molar-refractivity contribution in [3.8, 4) is 23.1 Å². The highest BCUT2D eigenvalue weighted by Crippen LogP contribution is 2.42. The molecule has 2 aliphatic heterocycles. The second-order valence-electron chi connectivity index (χ2n) is 13.3. The van der Waals surface area contributed by atoms with Crippen LogP contribution in [-0.4, -0.2) is 71.9 Å². The summed E-state index contributed by atoms with van der Waals surface area (Å²) in [4.78, 5) is 48.8. The van der Waals surface area contributed by atoms with Gasteiger partial charge in [-0.3, -0.25) is 15.5 Å². The molecule has 1 fully saturated rings. The van der Waals surface area contributed by atoms with E-state index in [1.54, 1.807) is 48.5 Å². The van der Waals surface area contributed by atoms with Crippen LogP contribution in [-0.2, 0) is 18.9 Å². The zero-order valence-electron chi connectivity index (χ0n) is 27.7. The molecule has 4 heterocycles. The van der Waals surface area contributed by atoms with E-state index in [0.717, 1.165) is 0 Å². The van der Waals surface area contributed by atoms with Crippen LogP contribution in [0.4, 0.5) is 36.0 Å². The topological polar surface area (TPSA) is 174 Å². The number of nitrogens with zero attached hydrogens (tertiary/aromatic N) is 4. The molecule has 5 rings (SSSR count). The first kappa shape index (κ1) is 34.1. The van der Waals surface area contributed by atoms with Crippen LogP contribution in [0.25, 0.3) is 21.9 Å². The first-order valence-corrected chi connectivity index (χ1v) is 15.2. The maximum absolute atomic E-state index is 16.6. The number of carbonyl (C=O) groups is 3. The van der Waals surface area contributed by atoms with Gasteiger partial charge >= 0.3 is 18.3 Å². The van der Waals surface area contributed by atoms with Gasteiger partial charge in [0.25, 0.3) is 0 Å². The van der Waals surface area contributed by atoms with Crippen LogP contribution in [0.15, 0.2) is 24.5 Å². The number of nitrogens with one attached hydrogen (secondary N) is 2. The van der Waals surface area contributed by atoms with Gasteiger partial charge in [0, 0.05) is 28.9 Å². The Balaban J connectivity index is 1.58. The third kappa shape index (κ3) is 7.49. The smallest absolute Gasteiger partial charge is 0.415 e. The molecule has 15 heteroatoms. The van der Waals surface area contributed by atoms with Crippen molar-refractivity contribution in [2.75, 3.05) is 41.9 Å². The molecular weight excluding hydrogens is 627 g/mol. The van der Waals surface area contributed by atoms with Gasteiger partial charge in [-0.2, -0.15) is 5.26 Å². The monoisotopic (exact) mass is 664 g/mol. The highest BCUT2D eigenvalue weighted by atomic mass is 19.1. The van der Waals surface area contributed by atoms with Crippen LogP contribution in [0.1, 0.15) is 47.1 Å². The Morgan fingerprint density at radius 3 is 2.42 bits per heavy atom. The van der Waals surface area contributed by atoms with Crippen molar-refractivity contribution in [2.24, 2.45) is 5.92 Å². The summed E-state index contributed by atoms with van der Waals surface area (Å²) in [5.41, 5.74) is -0.756. The number of benzene rings is 1. The average Bonchev–Trinajstić information content (AvgIpc) is 3.43. The van der Waals surface area contributed by atoms with Crippen molar-refractivity contribution in [3.63, 3.8) is 0 Å². The lowest BCUT2D eigenvalue weighted by atomic mass is 9.96. The summed E-state index contributed by atoms with van der Waals surface area (Å²) in [5.74, 6) is -1.17. The molecule has 2 unspecified atom stereocenters. The minimum absolute atomic E-state index is 0.0239. The third-order valence-corrected chi connectivity index (χ3v) is 7.27. The van der Waals surface area contributed by atoms with Gasteiger partial charge in [0.15, 0.2) is 5.82 Å². The largest absolute Gasteiger partial charge is 0.474 e. The van der Waals surface area contributed by atoms with Gasteiger partial charge in [0.05, 0.1) is 31.5 Å². The van der Waals surface area contributed by atoms with Crippen LogP contribution >= 0.6 is 0 Å². The Labute approximate surface area is 276 Å². The molecule has 2 N–H and O–H groups in total. The molecule has 0 bridgehead atoms. The summed E-state index contributed by atoms with van der Waals surface area (Å²) in [6.45, 7) is 12.6. The second kappa shape index (κ2) is 13.1. The number of pyridine rings is 2. The number of carbonyl (C=O) groups excluding carboxylic acids is 3. The summed E-state index contributed by atoms with van der Waals surface area (Å²) < 4.78 is 43.9. The van der Waals surface area contributed by atoms with Crippen LogP contribution in [0.5, 0.6) is 5.88 Å². The first-order chi connectivity index (χ1) is 22.5. The molecule has 0 aliphatic carbocycles. The number of hydrogen-bond donors (Lipinski definition) is 2. The second-order valence-corrected chi connectivity index (χ2v) is 13.3. The van der Waals surface area contributed by atoms with E-state index >= 15 is 4.39 Å². The minimum atomic E-state index is -0.902. The van der Waals surface area contributed by atoms with Crippen LogP contribution in [0, 0.1) is 30.0 Å². The normalized spacial score (nSPS) is 17.5. The highest BCUT2D eigenvalue weighted by molar-refractivity contribution is 6.05. The van der Waals surface area contributed by atoms with Gasteiger partial charge in [-0.1, -0.05) is 0 Å². The molecule has 3 aromatic rings. The first-order valence-electron chi connectivity index (χ1n) is 15.2. The summed E-state index contributed by atoms with van der Waals surface area (Å²) in [6.07, 6.45) is -0.410. The van der Waals surface area contributed by atoms with Gasteiger partial charge < -0.3 is 23.7 Å². The molecule has 2 aliphatic rings. The number of anilines is 3. The quantitative estimate of drug-likeness (QED) is 0.299. The van der Waals surface area contributed by atoms with Crippen LogP contribution in [0.2, 0.25) is 0 Å². The molecule has 2 atom stereocenters. The molecule has 14 nitrogen and oxygen atoms in total. The Morgan fingerprint density at radius 2 is 1.73 bits per heavy atom. The zero-order chi connectivity index (χ0) is 35.0.